The van der Waals surface area contributed by atoms with Crippen molar-refractivity contribution >= 4 is 22.3 Å². The van der Waals surface area contributed by atoms with Gasteiger partial charge in [0.2, 0.25) is 0 Å². The molecule has 204 valence electrons. The normalized spacial score (nSPS) is 18.1. The second-order valence-corrected chi connectivity index (χ2v) is 10.2. The van der Waals surface area contributed by atoms with Crippen molar-refractivity contribution in [1.82, 2.24) is 15.1 Å². The Morgan fingerprint density at radius 2 is 1.95 bits per heavy atom. The molecule has 0 bridgehead atoms. The number of halogens is 3. The van der Waals surface area contributed by atoms with Crippen molar-refractivity contribution in [3.63, 3.8) is 0 Å². The van der Waals surface area contributed by atoms with Gasteiger partial charge in [-0.05, 0) is 49.2 Å². The number of benzene rings is 3. The first-order valence-corrected chi connectivity index (χ1v) is 12.6. The fourth-order valence-electron chi connectivity index (χ4n) is 5.42. The molecule has 1 unspecified atom stereocenters. The zero-order valence-electron chi connectivity index (χ0n) is 21.0. The van der Waals surface area contributed by atoms with Crippen molar-refractivity contribution in [2.24, 2.45) is 5.41 Å². The second-order valence-electron chi connectivity index (χ2n) is 10.2. The number of hydrogen-bond donors (Lipinski definition) is 3. The van der Waals surface area contributed by atoms with Crippen LogP contribution in [0, 0.1) is 15.5 Å². The van der Waals surface area contributed by atoms with E-state index in [1.807, 2.05) is 24.3 Å². The molecule has 1 saturated heterocycles. The molecule has 0 saturated carbocycles. The number of likely N-dealkylation sites (tertiary alicyclic amines) is 1. The SMILES string of the molecule is O=[N+]([O-])c1cc(NCC2(Cc3cccc(C(F)(F)F)c3)CCN(Cc3n[nH]c4ccccc34)C2)ccc1CO. The van der Waals surface area contributed by atoms with Gasteiger partial charge in [-0.3, -0.25) is 20.1 Å². The van der Waals surface area contributed by atoms with Crippen LogP contribution in [0.15, 0.2) is 66.7 Å². The zero-order chi connectivity index (χ0) is 27.6. The van der Waals surface area contributed by atoms with E-state index >= 15 is 0 Å². The number of rotatable bonds is 9. The molecule has 3 N–H and O–H groups in total. The van der Waals surface area contributed by atoms with E-state index in [0.717, 1.165) is 35.6 Å². The Morgan fingerprint density at radius 3 is 2.72 bits per heavy atom. The summed E-state index contributed by atoms with van der Waals surface area (Å²) >= 11 is 0. The Bertz CT molecular complexity index is 1490. The highest BCUT2D eigenvalue weighted by Crippen LogP contribution is 2.38. The quantitative estimate of drug-likeness (QED) is 0.191. The van der Waals surface area contributed by atoms with Gasteiger partial charge in [0.25, 0.3) is 5.69 Å². The van der Waals surface area contributed by atoms with E-state index in [1.165, 1.54) is 24.3 Å². The van der Waals surface area contributed by atoms with Gasteiger partial charge in [-0.2, -0.15) is 18.3 Å². The van der Waals surface area contributed by atoms with E-state index in [1.54, 1.807) is 12.1 Å². The highest BCUT2D eigenvalue weighted by molar-refractivity contribution is 5.81. The van der Waals surface area contributed by atoms with Crippen LogP contribution in [0.5, 0.6) is 0 Å². The van der Waals surface area contributed by atoms with E-state index in [0.29, 0.717) is 37.3 Å². The van der Waals surface area contributed by atoms with Gasteiger partial charge < -0.3 is 10.4 Å². The second kappa shape index (κ2) is 10.7. The van der Waals surface area contributed by atoms with Gasteiger partial charge in [-0.15, -0.1) is 0 Å². The number of alkyl halides is 3. The molecule has 1 atom stereocenters. The minimum absolute atomic E-state index is 0.187. The number of hydrogen-bond acceptors (Lipinski definition) is 6. The molecule has 4 aromatic rings. The summed E-state index contributed by atoms with van der Waals surface area (Å²) in [7, 11) is 0. The summed E-state index contributed by atoms with van der Waals surface area (Å²) in [4.78, 5) is 13.2. The number of nitrogens with one attached hydrogen (secondary N) is 2. The third-order valence-electron chi connectivity index (χ3n) is 7.39. The molecule has 0 spiro atoms. The Morgan fingerprint density at radius 1 is 1.13 bits per heavy atom. The average molecular weight is 540 g/mol. The predicted molar refractivity (Wildman–Crippen MR) is 141 cm³/mol. The first-order valence-electron chi connectivity index (χ1n) is 12.6. The monoisotopic (exact) mass is 539 g/mol. The summed E-state index contributed by atoms with van der Waals surface area (Å²) in [5, 5.41) is 32.7. The van der Waals surface area contributed by atoms with Crippen LogP contribution in [0.1, 0.15) is 28.8 Å². The molecular weight excluding hydrogens is 511 g/mol. The Hall–Kier alpha value is -3.96. The Kier molecular flexibility index (Phi) is 7.28. The van der Waals surface area contributed by atoms with Gasteiger partial charge in [0.05, 0.1) is 33.9 Å². The molecule has 11 heteroatoms. The summed E-state index contributed by atoms with van der Waals surface area (Å²) in [5.74, 6) is 0. The lowest BCUT2D eigenvalue weighted by atomic mass is 9.80. The Labute approximate surface area is 222 Å². The maximum atomic E-state index is 13.4. The molecule has 5 rings (SSSR count). The van der Waals surface area contributed by atoms with Crippen LogP contribution in [-0.4, -0.2) is 44.8 Å². The lowest BCUT2D eigenvalue weighted by Gasteiger charge is -2.31. The molecule has 3 aromatic carbocycles. The fraction of sp³-hybridized carbons (Fsp3) is 0.321. The largest absolute Gasteiger partial charge is 0.416 e. The number of H-pyrrole nitrogens is 1. The van der Waals surface area contributed by atoms with E-state index in [-0.39, 0.29) is 11.3 Å². The molecule has 0 aliphatic carbocycles. The number of nitrogens with zero attached hydrogens (tertiary/aromatic N) is 3. The highest BCUT2D eigenvalue weighted by Gasteiger charge is 2.39. The Balaban J connectivity index is 1.40. The maximum absolute atomic E-state index is 13.4. The number of nitro benzene ring substituents is 1. The molecule has 1 fully saturated rings. The maximum Gasteiger partial charge on any atom is 0.416 e. The number of aromatic nitrogens is 2. The minimum Gasteiger partial charge on any atom is -0.391 e. The van der Waals surface area contributed by atoms with Crippen LogP contribution in [0.4, 0.5) is 24.5 Å². The van der Waals surface area contributed by atoms with Crippen LogP contribution in [0.2, 0.25) is 0 Å². The third kappa shape index (κ3) is 5.89. The average Bonchev–Trinajstić information content (AvgIpc) is 3.51. The fourth-order valence-corrected chi connectivity index (χ4v) is 5.42. The lowest BCUT2D eigenvalue weighted by molar-refractivity contribution is -0.385. The molecule has 1 aliphatic heterocycles. The first-order chi connectivity index (χ1) is 18.7. The highest BCUT2D eigenvalue weighted by atomic mass is 19.4. The van der Waals surface area contributed by atoms with E-state index in [9.17, 15) is 28.4 Å². The summed E-state index contributed by atoms with van der Waals surface area (Å²) in [5.41, 5.74) is 1.85. The number of aliphatic hydroxyl groups excluding tert-OH is 1. The van der Waals surface area contributed by atoms with Gasteiger partial charge >= 0.3 is 6.18 Å². The summed E-state index contributed by atoms with van der Waals surface area (Å²) in [6.45, 7) is 1.87. The van der Waals surface area contributed by atoms with Crippen LogP contribution < -0.4 is 5.32 Å². The third-order valence-corrected chi connectivity index (χ3v) is 7.39. The molecule has 8 nitrogen and oxygen atoms in total. The molecule has 1 aromatic heterocycles. The molecule has 2 heterocycles. The summed E-state index contributed by atoms with van der Waals surface area (Å²) in [6, 6.07) is 17.8. The molecule has 0 radical (unpaired) electrons. The number of anilines is 1. The van der Waals surface area contributed by atoms with E-state index in [2.05, 4.69) is 20.4 Å². The molecule has 1 aliphatic rings. The van der Waals surface area contributed by atoms with Gasteiger partial charge in [0.1, 0.15) is 0 Å². The van der Waals surface area contributed by atoms with E-state index in [4.69, 9.17) is 0 Å². The van der Waals surface area contributed by atoms with Gasteiger partial charge in [0, 0.05) is 42.2 Å². The predicted octanol–water partition coefficient (Wildman–Crippen LogP) is 5.53. The van der Waals surface area contributed by atoms with Crippen LogP contribution in [0.25, 0.3) is 10.9 Å². The summed E-state index contributed by atoms with van der Waals surface area (Å²) in [6.07, 6.45) is -3.31. The van der Waals surface area contributed by atoms with Crippen molar-refractivity contribution in [1.29, 1.82) is 0 Å². The first kappa shape index (κ1) is 26.6. The number of nitro groups is 1. The van der Waals surface area contributed by atoms with Gasteiger partial charge in [0.15, 0.2) is 0 Å². The lowest BCUT2D eigenvalue weighted by Crippen LogP contribution is -2.35. The van der Waals surface area contributed by atoms with Crippen molar-refractivity contribution in [2.45, 2.75) is 32.2 Å². The number of fused-ring (bicyclic) bond motifs is 1. The van der Waals surface area contributed by atoms with Crippen molar-refractivity contribution in [3.05, 3.63) is 99.2 Å². The van der Waals surface area contributed by atoms with E-state index < -0.39 is 28.7 Å². The molecular formula is C28H28F3N5O3. The van der Waals surface area contributed by atoms with Crippen molar-refractivity contribution < 1.29 is 23.2 Å². The van der Waals surface area contributed by atoms with Crippen LogP contribution in [0.3, 0.4) is 0 Å². The molecule has 0 amide bonds. The number of aromatic amines is 1. The topological polar surface area (TPSA) is 107 Å². The standard InChI is InChI=1S/C28H28F3N5O3/c29-28(30,31)21-5-3-4-19(12-21)14-27(17-32-22-9-8-20(16-37)26(13-22)36(38)39)10-11-35(18-27)15-25-23-6-1-2-7-24(23)33-34-25/h1-9,12-13,32,37H,10-11,14-18H2,(H,33,34). The summed E-state index contributed by atoms with van der Waals surface area (Å²) < 4.78 is 40.2. The number of para-hydroxylation sites is 1. The molecule has 39 heavy (non-hydrogen) atoms. The van der Waals surface area contributed by atoms with Crippen molar-refractivity contribution in [3.8, 4) is 0 Å². The van der Waals surface area contributed by atoms with Gasteiger partial charge in [-0.1, -0.05) is 36.4 Å². The minimum atomic E-state index is -4.43. The van der Waals surface area contributed by atoms with Crippen LogP contribution in [-0.2, 0) is 25.7 Å². The zero-order valence-corrected chi connectivity index (χ0v) is 21.0. The van der Waals surface area contributed by atoms with Crippen LogP contribution >= 0.6 is 0 Å². The number of aliphatic hydroxyl groups is 1. The smallest absolute Gasteiger partial charge is 0.391 e. The van der Waals surface area contributed by atoms with Crippen molar-refractivity contribution in [2.75, 3.05) is 25.0 Å². The van der Waals surface area contributed by atoms with Gasteiger partial charge in [-0.25, -0.2) is 0 Å².